The predicted octanol–water partition coefficient (Wildman–Crippen LogP) is 1.34. The molecule has 0 aliphatic heterocycles. The van der Waals surface area contributed by atoms with E-state index in [9.17, 15) is 9.59 Å². The Morgan fingerprint density at radius 1 is 1.08 bits per heavy atom. The third kappa shape index (κ3) is 0.961. The Balaban J connectivity index is 2.53. The van der Waals surface area contributed by atoms with Crippen LogP contribution in [0.2, 0.25) is 0 Å². The van der Waals surface area contributed by atoms with Gasteiger partial charge in [-0.1, -0.05) is 24.3 Å². The fourth-order valence-corrected chi connectivity index (χ4v) is 1.47. The van der Waals surface area contributed by atoms with Crippen LogP contribution in [0.25, 0.3) is 0 Å². The van der Waals surface area contributed by atoms with Crippen molar-refractivity contribution in [2.45, 2.75) is 12.8 Å². The monoisotopic (exact) mass is 160 g/mol. The molecule has 0 aromatic carbocycles. The molecule has 0 aromatic heterocycles. The molecular formula is C10H8O2. The van der Waals surface area contributed by atoms with E-state index in [1.807, 2.05) is 18.2 Å². The summed E-state index contributed by atoms with van der Waals surface area (Å²) in [5, 5.41) is 0. The van der Waals surface area contributed by atoms with Crippen LogP contribution in [0.4, 0.5) is 0 Å². The van der Waals surface area contributed by atoms with Gasteiger partial charge in [-0.15, -0.1) is 0 Å². The second kappa shape index (κ2) is 2.55. The largest absolute Gasteiger partial charge is 0.294 e. The number of ketones is 2. The first-order valence-corrected chi connectivity index (χ1v) is 3.93. The smallest absolute Gasteiger partial charge is 0.171 e. The van der Waals surface area contributed by atoms with Crippen LogP contribution in [0, 0.1) is 0 Å². The van der Waals surface area contributed by atoms with E-state index in [1.54, 1.807) is 6.08 Å². The number of hydrogen-bond donors (Lipinski definition) is 0. The average Bonchev–Trinajstić information content (AvgIpc) is 2.29. The summed E-state index contributed by atoms with van der Waals surface area (Å²) in [5.41, 5.74) is 1.21. The van der Waals surface area contributed by atoms with Gasteiger partial charge >= 0.3 is 0 Å². The molecule has 0 N–H and O–H groups in total. The highest BCUT2D eigenvalue weighted by atomic mass is 16.2. The SMILES string of the molecule is O=C1CC(=O)C2=CCC=CC=C12. The summed E-state index contributed by atoms with van der Waals surface area (Å²) in [7, 11) is 0. The van der Waals surface area contributed by atoms with Crippen molar-refractivity contribution in [3.05, 3.63) is 35.5 Å². The number of fused-ring (bicyclic) bond motifs is 1. The fraction of sp³-hybridized carbons (Fsp3) is 0.200. The average molecular weight is 160 g/mol. The van der Waals surface area contributed by atoms with Gasteiger partial charge in [-0.25, -0.2) is 0 Å². The standard InChI is InChI=1S/C10H8O2/c11-9-6-10(12)8-5-3-1-2-4-7(8)9/h1-2,4-5H,3,6H2. The van der Waals surface area contributed by atoms with E-state index in [0.29, 0.717) is 11.1 Å². The fourth-order valence-electron chi connectivity index (χ4n) is 1.47. The molecule has 2 aliphatic carbocycles. The lowest BCUT2D eigenvalue weighted by molar-refractivity contribution is -0.120. The molecule has 0 aromatic rings. The van der Waals surface area contributed by atoms with Crippen molar-refractivity contribution in [3.8, 4) is 0 Å². The Bertz CT molecular complexity index is 343. The number of hydrogen-bond acceptors (Lipinski definition) is 2. The molecular weight excluding hydrogens is 152 g/mol. The molecule has 2 nitrogen and oxygen atoms in total. The molecule has 1 saturated carbocycles. The summed E-state index contributed by atoms with van der Waals surface area (Å²) in [6.07, 6.45) is 8.11. The zero-order valence-electron chi connectivity index (χ0n) is 6.54. The van der Waals surface area contributed by atoms with Crippen molar-refractivity contribution in [1.29, 1.82) is 0 Å². The van der Waals surface area contributed by atoms with Crippen molar-refractivity contribution in [1.82, 2.24) is 0 Å². The van der Waals surface area contributed by atoms with Gasteiger partial charge in [0.05, 0.1) is 6.42 Å². The number of allylic oxidation sites excluding steroid dienone is 6. The first-order valence-electron chi connectivity index (χ1n) is 3.93. The molecule has 0 atom stereocenters. The zero-order chi connectivity index (χ0) is 8.55. The van der Waals surface area contributed by atoms with E-state index >= 15 is 0 Å². The van der Waals surface area contributed by atoms with Crippen molar-refractivity contribution in [2.75, 3.05) is 0 Å². The molecule has 0 saturated heterocycles. The van der Waals surface area contributed by atoms with Gasteiger partial charge in [0.1, 0.15) is 0 Å². The number of Topliss-reactive ketones (excluding diaryl/α,β-unsaturated/α-hetero) is 2. The highest BCUT2D eigenvalue weighted by Gasteiger charge is 2.29. The molecule has 2 rings (SSSR count). The maximum absolute atomic E-state index is 11.2. The molecule has 1 fully saturated rings. The van der Waals surface area contributed by atoms with Gasteiger partial charge < -0.3 is 0 Å². The Morgan fingerprint density at radius 3 is 2.67 bits per heavy atom. The molecule has 12 heavy (non-hydrogen) atoms. The van der Waals surface area contributed by atoms with E-state index in [0.717, 1.165) is 6.42 Å². The van der Waals surface area contributed by atoms with Crippen LogP contribution in [0.1, 0.15) is 12.8 Å². The van der Waals surface area contributed by atoms with E-state index < -0.39 is 0 Å². The zero-order valence-corrected chi connectivity index (χ0v) is 6.54. The van der Waals surface area contributed by atoms with Crippen LogP contribution >= 0.6 is 0 Å². The summed E-state index contributed by atoms with van der Waals surface area (Å²) in [4.78, 5) is 22.4. The molecule has 60 valence electrons. The van der Waals surface area contributed by atoms with E-state index in [1.165, 1.54) is 0 Å². The van der Waals surface area contributed by atoms with Gasteiger partial charge in [-0.3, -0.25) is 9.59 Å². The highest BCUT2D eigenvalue weighted by Crippen LogP contribution is 2.26. The molecule has 0 bridgehead atoms. The molecule has 2 heteroatoms. The normalized spacial score (nSPS) is 21.7. The quantitative estimate of drug-likeness (QED) is 0.501. The van der Waals surface area contributed by atoms with Gasteiger partial charge in [-0.05, 0) is 6.42 Å². The Hall–Kier alpha value is -1.44. The summed E-state index contributed by atoms with van der Waals surface area (Å²) in [5.74, 6) is -0.0762. The Morgan fingerprint density at radius 2 is 1.83 bits per heavy atom. The van der Waals surface area contributed by atoms with E-state index in [4.69, 9.17) is 0 Å². The molecule has 0 radical (unpaired) electrons. The van der Waals surface area contributed by atoms with Crippen molar-refractivity contribution in [3.63, 3.8) is 0 Å². The summed E-state index contributed by atoms with van der Waals surface area (Å²) in [6.45, 7) is 0. The Labute approximate surface area is 70.3 Å². The van der Waals surface area contributed by atoms with Gasteiger partial charge in [0.15, 0.2) is 11.6 Å². The maximum Gasteiger partial charge on any atom is 0.171 e. The van der Waals surface area contributed by atoms with Crippen LogP contribution < -0.4 is 0 Å². The minimum absolute atomic E-state index is 0.0325. The second-order valence-corrected chi connectivity index (χ2v) is 2.89. The summed E-state index contributed by atoms with van der Waals surface area (Å²) < 4.78 is 0. The number of carbonyl (C=O) groups excluding carboxylic acids is 2. The van der Waals surface area contributed by atoms with E-state index in [2.05, 4.69) is 0 Å². The Kier molecular flexibility index (Phi) is 1.54. The van der Waals surface area contributed by atoms with Crippen LogP contribution in [0.15, 0.2) is 35.5 Å². The third-order valence-electron chi connectivity index (χ3n) is 2.07. The highest BCUT2D eigenvalue weighted by molar-refractivity contribution is 6.27. The van der Waals surface area contributed by atoms with Crippen LogP contribution in [0.5, 0.6) is 0 Å². The lowest BCUT2D eigenvalue weighted by Gasteiger charge is -1.92. The van der Waals surface area contributed by atoms with E-state index in [-0.39, 0.29) is 18.0 Å². The minimum atomic E-state index is -0.0437. The van der Waals surface area contributed by atoms with Gasteiger partial charge in [0, 0.05) is 11.1 Å². The minimum Gasteiger partial charge on any atom is -0.294 e. The molecule has 0 heterocycles. The van der Waals surface area contributed by atoms with Crippen LogP contribution in [0.3, 0.4) is 0 Å². The topological polar surface area (TPSA) is 34.1 Å². The van der Waals surface area contributed by atoms with Crippen molar-refractivity contribution < 1.29 is 9.59 Å². The molecule has 2 aliphatic rings. The van der Waals surface area contributed by atoms with Crippen molar-refractivity contribution in [2.24, 2.45) is 0 Å². The first-order chi connectivity index (χ1) is 5.79. The van der Waals surface area contributed by atoms with Gasteiger partial charge in [-0.2, -0.15) is 0 Å². The number of rotatable bonds is 0. The predicted molar refractivity (Wildman–Crippen MR) is 44.6 cm³/mol. The lowest BCUT2D eigenvalue weighted by atomic mass is 10.1. The number of carbonyl (C=O) groups is 2. The second-order valence-electron chi connectivity index (χ2n) is 2.89. The van der Waals surface area contributed by atoms with Crippen LogP contribution in [-0.4, -0.2) is 11.6 Å². The summed E-state index contributed by atoms with van der Waals surface area (Å²) >= 11 is 0. The lowest BCUT2D eigenvalue weighted by Crippen LogP contribution is -1.91. The van der Waals surface area contributed by atoms with Gasteiger partial charge in [0.25, 0.3) is 0 Å². The first kappa shape index (κ1) is 7.22. The van der Waals surface area contributed by atoms with Crippen molar-refractivity contribution >= 4 is 11.6 Å². The summed E-state index contributed by atoms with van der Waals surface area (Å²) in [6, 6.07) is 0. The molecule has 0 amide bonds. The van der Waals surface area contributed by atoms with Gasteiger partial charge in [0.2, 0.25) is 0 Å². The maximum atomic E-state index is 11.2. The van der Waals surface area contributed by atoms with Crippen LogP contribution in [-0.2, 0) is 9.59 Å². The molecule has 0 unspecified atom stereocenters. The molecule has 0 spiro atoms. The third-order valence-corrected chi connectivity index (χ3v) is 2.07.